The molecule has 0 bridgehead atoms. The molecule has 0 aromatic carbocycles. The molecule has 6 nitrogen and oxygen atoms in total. The number of aliphatic imine (C=N–C) groups is 1. The van der Waals surface area contributed by atoms with E-state index in [4.69, 9.17) is 4.74 Å². The van der Waals surface area contributed by atoms with Gasteiger partial charge in [-0.1, -0.05) is 19.4 Å². The molecule has 0 fully saturated rings. The average molecular weight is 331 g/mol. The van der Waals surface area contributed by atoms with Crippen molar-refractivity contribution in [3.05, 3.63) is 36.3 Å². The van der Waals surface area contributed by atoms with Gasteiger partial charge in [0, 0.05) is 52.2 Å². The highest BCUT2D eigenvalue weighted by Crippen LogP contribution is 2.04. The van der Waals surface area contributed by atoms with Crippen molar-refractivity contribution in [2.75, 3.05) is 33.4 Å². The van der Waals surface area contributed by atoms with Crippen LogP contribution in [-0.2, 0) is 11.2 Å². The van der Waals surface area contributed by atoms with Gasteiger partial charge < -0.3 is 19.8 Å². The molecule has 0 saturated heterocycles. The van der Waals surface area contributed by atoms with E-state index in [1.165, 1.54) is 6.42 Å². The zero-order valence-electron chi connectivity index (χ0n) is 14.8. The molecule has 132 valence electrons. The van der Waals surface area contributed by atoms with Gasteiger partial charge in [0.1, 0.15) is 5.65 Å². The van der Waals surface area contributed by atoms with Crippen LogP contribution in [0.1, 0.15) is 31.9 Å². The van der Waals surface area contributed by atoms with E-state index in [0.29, 0.717) is 0 Å². The molecule has 0 radical (unpaired) electrons. The van der Waals surface area contributed by atoms with Crippen molar-refractivity contribution in [2.45, 2.75) is 32.6 Å². The fraction of sp³-hybridized carbons (Fsp3) is 0.556. The summed E-state index contributed by atoms with van der Waals surface area (Å²) in [4.78, 5) is 8.83. The lowest BCUT2D eigenvalue weighted by Crippen LogP contribution is -2.39. The third kappa shape index (κ3) is 6.20. The standard InChI is InChI=1S/C18H29N5O/c1-3-4-13-24-14-7-10-20-18(19-2)21-11-9-16-15-23-12-6-5-8-17(23)22-16/h5-6,8,12,15H,3-4,7,9-11,13-14H2,1-2H3,(H2,19,20,21). The smallest absolute Gasteiger partial charge is 0.190 e. The Balaban J connectivity index is 1.61. The lowest BCUT2D eigenvalue weighted by atomic mass is 10.3. The van der Waals surface area contributed by atoms with Crippen LogP contribution in [0, 0.1) is 0 Å². The van der Waals surface area contributed by atoms with E-state index in [1.54, 1.807) is 7.05 Å². The van der Waals surface area contributed by atoms with Crippen molar-refractivity contribution in [2.24, 2.45) is 4.99 Å². The van der Waals surface area contributed by atoms with Crippen LogP contribution in [0.15, 0.2) is 35.6 Å². The molecule has 0 saturated carbocycles. The number of nitrogens with zero attached hydrogens (tertiary/aromatic N) is 3. The minimum absolute atomic E-state index is 0.797. The molecule has 0 amide bonds. The Labute approximate surface area is 144 Å². The Morgan fingerprint density at radius 3 is 2.83 bits per heavy atom. The molecule has 0 atom stereocenters. The lowest BCUT2D eigenvalue weighted by molar-refractivity contribution is 0.129. The summed E-state index contributed by atoms with van der Waals surface area (Å²) in [5.41, 5.74) is 2.06. The summed E-state index contributed by atoms with van der Waals surface area (Å²) >= 11 is 0. The number of unbranched alkanes of at least 4 members (excludes halogenated alkanes) is 1. The molecule has 2 N–H and O–H groups in total. The molecular formula is C18H29N5O. The van der Waals surface area contributed by atoms with Gasteiger partial charge in [0.15, 0.2) is 5.96 Å². The van der Waals surface area contributed by atoms with E-state index in [-0.39, 0.29) is 0 Å². The molecule has 2 aromatic rings. The van der Waals surface area contributed by atoms with Crippen LogP contribution in [0.3, 0.4) is 0 Å². The highest BCUT2D eigenvalue weighted by molar-refractivity contribution is 5.79. The van der Waals surface area contributed by atoms with Crippen molar-refractivity contribution in [1.29, 1.82) is 0 Å². The average Bonchev–Trinajstić information content (AvgIpc) is 3.02. The van der Waals surface area contributed by atoms with Gasteiger partial charge in [-0.25, -0.2) is 4.98 Å². The summed E-state index contributed by atoms with van der Waals surface area (Å²) in [5.74, 6) is 0.826. The van der Waals surface area contributed by atoms with E-state index in [9.17, 15) is 0 Å². The number of hydrogen-bond acceptors (Lipinski definition) is 3. The zero-order chi connectivity index (χ0) is 17.0. The first-order chi connectivity index (χ1) is 11.8. The Bertz CT molecular complexity index is 590. The number of ether oxygens (including phenoxy) is 1. The number of rotatable bonds is 10. The first-order valence-corrected chi connectivity index (χ1v) is 8.78. The second kappa shape index (κ2) is 10.6. The zero-order valence-corrected chi connectivity index (χ0v) is 14.8. The molecule has 2 aromatic heterocycles. The number of fused-ring (bicyclic) bond motifs is 1. The van der Waals surface area contributed by atoms with Gasteiger partial charge in [-0.3, -0.25) is 4.99 Å². The van der Waals surface area contributed by atoms with Crippen LogP contribution < -0.4 is 10.6 Å². The molecule has 0 aliphatic rings. The fourth-order valence-electron chi connectivity index (χ4n) is 2.37. The number of hydrogen-bond donors (Lipinski definition) is 2. The van der Waals surface area contributed by atoms with Crippen molar-refractivity contribution >= 4 is 11.6 Å². The molecule has 0 aliphatic carbocycles. The summed E-state index contributed by atoms with van der Waals surface area (Å²) in [6.45, 7) is 5.50. The molecule has 0 unspecified atom stereocenters. The van der Waals surface area contributed by atoms with Crippen LogP contribution in [0.4, 0.5) is 0 Å². The molecule has 0 aliphatic heterocycles. The molecule has 0 spiro atoms. The monoisotopic (exact) mass is 331 g/mol. The van der Waals surface area contributed by atoms with Crippen molar-refractivity contribution in [3.8, 4) is 0 Å². The summed E-state index contributed by atoms with van der Waals surface area (Å²) in [7, 11) is 1.79. The van der Waals surface area contributed by atoms with Gasteiger partial charge in [-0.05, 0) is 25.0 Å². The van der Waals surface area contributed by atoms with Crippen LogP contribution in [0.25, 0.3) is 5.65 Å². The van der Waals surface area contributed by atoms with Gasteiger partial charge in [0.05, 0.1) is 5.69 Å². The van der Waals surface area contributed by atoms with Crippen LogP contribution >= 0.6 is 0 Å². The van der Waals surface area contributed by atoms with E-state index >= 15 is 0 Å². The Kier molecular flexibility index (Phi) is 8.10. The Morgan fingerprint density at radius 1 is 1.21 bits per heavy atom. The summed E-state index contributed by atoms with van der Waals surface area (Å²) in [5, 5.41) is 6.63. The van der Waals surface area contributed by atoms with Crippen molar-refractivity contribution in [3.63, 3.8) is 0 Å². The maximum absolute atomic E-state index is 5.55. The Morgan fingerprint density at radius 2 is 2.04 bits per heavy atom. The van der Waals surface area contributed by atoms with Crippen LogP contribution in [-0.4, -0.2) is 48.7 Å². The van der Waals surface area contributed by atoms with E-state index in [2.05, 4.69) is 33.7 Å². The van der Waals surface area contributed by atoms with Gasteiger partial charge in [0.25, 0.3) is 0 Å². The second-order valence-electron chi connectivity index (χ2n) is 5.69. The van der Waals surface area contributed by atoms with Crippen LogP contribution in [0.2, 0.25) is 0 Å². The minimum Gasteiger partial charge on any atom is -0.381 e. The fourth-order valence-corrected chi connectivity index (χ4v) is 2.37. The van der Waals surface area contributed by atoms with E-state index in [1.807, 2.05) is 28.8 Å². The first kappa shape index (κ1) is 18.3. The third-order valence-corrected chi connectivity index (χ3v) is 3.71. The highest BCUT2D eigenvalue weighted by atomic mass is 16.5. The maximum atomic E-state index is 5.55. The molecule has 24 heavy (non-hydrogen) atoms. The first-order valence-electron chi connectivity index (χ1n) is 8.78. The molecule has 6 heteroatoms. The van der Waals surface area contributed by atoms with Crippen LogP contribution in [0.5, 0.6) is 0 Å². The predicted molar refractivity (Wildman–Crippen MR) is 98.6 cm³/mol. The Hall–Kier alpha value is -2.08. The molecule has 2 rings (SSSR count). The van der Waals surface area contributed by atoms with E-state index < -0.39 is 0 Å². The largest absolute Gasteiger partial charge is 0.381 e. The number of imidazole rings is 1. The second-order valence-corrected chi connectivity index (χ2v) is 5.69. The van der Waals surface area contributed by atoms with Gasteiger partial charge in [-0.15, -0.1) is 0 Å². The molecule has 2 heterocycles. The summed E-state index contributed by atoms with van der Waals surface area (Å²) in [6.07, 6.45) is 8.25. The quantitative estimate of drug-likeness (QED) is 0.398. The normalized spacial score (nSPS) is 11.8. The summed E-state index contributed by atoms with van der Waals surface area (Å²) < 4.78 is 7.59. The topological polar surface area (TPSA) is 63.0 Å². The SMILES string of the molecule is CCCCOCCCNC(=NC)NCCc1cn2ccccc2n1. The predicted octanol–water partition coefficient (Wildman–Crippen LogP) is 2.25. The number of guanidine groups is 1. The van der Waals surface area contributed by atoms with Gasteiger partial charge >= 0.3 is 0 Å². The van der Waals surface area contributed by atoms with E-state index in [0.717, 1.165) is 62.9 Å². The maximum Gasteiger partial charge on any atom is 0.190 e. The summed E-state index contributed by atoms with van der Waals surface area (Å²) in [6, 6.07) is 6.02. The minimum atomic E-state index is 0.797. The third-order valence-electron chi connectivity index (χ3n) is 3.71. The lowest BCUT2D eigenvalue weighted by Gasteiger charge is -2.11. The number of aromatic nitrogens is 2. The number of nitrogens with one attached hydrogen (secondary N) is 2. The highest BCUT2D eigenvalue weighted by Gasteiger charge is 2.02. The molecular weight excluding hydrogens is 302 g/mol. The number of pyridine rings is 1. The van der Waals surface area contributed by atoms with Crippen molar-refractivity contribution < 1.29 is 4.74 Å². The van der Waals surface area contributed by atoms with Gasteiger partial charge in [-0.2, -0.15) is 0 Å². The van der Waals surface area contributed by atoms with Crippen molar-refractivity contribution in [1.82, 2.24) is 20.0 Å². The van der Waals surface area contributed by atoms with Gasteiger partial charge in [0.2, 0.25) is 0 Å².